The van der Waals surface area contributed by atoms with Crippen molar-refractivity contribution in [2.24, 2.45) is 0 Å². The van der Waals surface area contributed by atoms with Crippen LogP contribution < -0.4 is 0 Å². The van der Waals surface area contributed by atoms with Gasteiger partial charge in [0.05, 0.1) is 0 Å². The lowest BCUT2D eigenvalue weighted by molar-refractivity contribution is 0.0870. The van der Waals surface area contributed by atoms with Crippen molar-refractivity contribution in [1.82, 2.24) is 4.90 Å². The smallest absolute Gasteiger partial charge is 0.410 e. The molecule has 3 rings (SSSR count). The first-order valence-electron chi connectivity index (χ1n) is 7.83. The molecule has 0 unspecified atom stereocenters. The molecule has 0 atom stereocenters. The number of likely N-dealkylation sites (tertiary alicyclic amines) is 1. The summed E-state index contributed by atoms with van der Waals surface area (Å²) in [6.07, 6.45) is 1.81. The Bertz CT molecular complexity index is 589. The third-order valence-electron chi connectivity index (χ3n) is 4.23. The number of benzene rings is 2. The van der Waals surface area contributed by atoms with Gasteiger partial charge in [-0.2, -0.15) is 0 Å². The lowest BCUT2D eigenvalue weighted by Gasteiger charge is -2.31. The van der Waals surface area contributed by atoms with Crippen LogP contribution in [0.15, 0.2) is 60.7 Å². The molecular weight excluding hydrogens is 274 g/mol. The monoisotopic (exact) mass is 295 g/mol. The van der Waals surface area contributed by atoms with E-state index in [1.807, 2.05) is 41.3 Å². The summed E-state index contributed by atoms with van der Waals surface area (Å²) in [4.78, 5) is 13.9. The number of hydrogen-bond acceptors (Lipinski definition) is 2. The van der Waals surface area contributed by atoms with E-state index in [1.165, 1.54) is 5.56 Å². The van der Waals surface area contributed by atoms with Gasteiger partial charge in [-0.25, -0.2) is 4.79 Å². The third kappa shape index (κ3) is 3.67. The van der Waals surface area contributed by atoms with E-state index in [4.69, 9.17) is 4.74 Å². The Morgan fingerprint density at radius 3 is 2.18 bits per heavy atom. The standard InChI is InChI=1S/C19H21NO2/c21-19(22-15-16-7-3-1-4-8-16)20-13-11-18(12-14-20)17-9-5-2-6-10-17/h1-10,18H,11-15H2. The molecule has 1 aliphatic rings. The summed E-state index contributed by atoms with van der Waals surface area (Å²) in [5.41, 5.74) is 2.40. The van der Waals surface area contributed by atoms with Crippen LogP contribution in [0.4, 0.5) is 4.79 Å². The zero-order valence-electron chi connectivity index (χ0n) is 12.7. The highest BCUT2D eigenvalue weighted by Crippen LogP contribution is 2.27. The highest BCUT2D eigenvalue weighted by molar-refractivity contribution is 5.67. The second-order valence-corrected chi connectivity index (χ2v) is 5.71. The molecule has 3 heteroatoms. The van der Waals surface area contributed by atoms with Crippen LogP contribution in [-0.4, -0.2) is 24.1 Å². The molecular formula is C19H21NO2. The number of carbonyl (C=O) groups is 1. The molecule has 1 aliphatic heterocycles. The summed E-state index contributed by atoms with van der Waals surface area (Å²) in [5, 5.41) is 0. The average Bonchev–Trinajstić information content (AvgIpc) is 2.61. The van der Waals surface area contributed by atoms with Gasteiger partial charge in [0.2, 0.25) is 0 Å². The molecule has 0 aliphatic carbocycles. The number of hydrogen-bond donors (Lipinski definition) is 0. The molecule has 0 saturated carbocycles. The van der Waals surface area contributed by atoms with Crippen LogP contribution in [0.2, 0.25) is 0 Å². The maximum atomic E-state index is 12.1. The Labute approximate surface area is 131 Å². The van der Waals surface area contributed by atoms with Crippen LogP contribution in [0.5, 0.6) is 0 Å². The van der Waals surface area contributed by atoms with E-state index < -0.39 is 0 Å². The highest BCUT2D eigenvalue weighted by atomic mass is 16.6. The first kappa shape index (κ1) is 14.6. The predicted molar refractivity (Wildman–Crippen MR) is 86.6 cm³/mol. The van der Waals surface area contributed by atoms with E-state index in [-0.39, 0.29) is 6.09 Å². The molecule has 114 valence electrons. The summed E-state index contributed by atoms with van der Waals surface area (Å²) in [7, 11) is 0. The van der Waals surface area contributed by atoms with Crippen molar-refractivity contribution in [3.05, 3.63) is 71.8 Å². The topological polar surface area (TPSA) is 29.5 Å². The van der Waals surface area contributed by atoms with Crippen LogP contribution in [0, 0.1) is 0 Å². The normalized spacial score (nSPS) is 15.5. The fourth-order valence-electron chi connectivity index (χ4n) is 2.93. The fourth-order valence-corrected chi connectivity index (χ4v) is 2.93. The van der Waals surface area contributed by atoms with Gasteiger partial charge in [-0.3, -0.25) is 0 Å². The summed E-state index contributed by atoms with van der Waals surface area (Å²) >= 11 is 0. The SMILES string of the molecule is O=C(OCc1ccccc1)N1CCC(c2ccccc2)CC1. The van der Waals surface area contributed by atoms with Crippen LogP contribution >= 0.6 is 0 Å². The van der Waals surface area contributed by atoms with Crippen molar-refractivity contribution in [3.8, 4) is 0 Å². The number of rotatable bonds is 3. The minimum absolute atomic E-state index is 0.199. The van der Waals surface area contributed by atoms with Crippen LogP contribution in [0.3, 0.4) is 0 Å². The minimum atomic E-state index is -0.199. The summed E-state index contributed by atoms with van der Waals surface area (Å²) < 4.78 is 5.40. The molecule has 1 fully saturated rings. The molecule has 0 radical (unpaired) electrons. The number of ether oxygens (including phenoxy) is 1. The van der Waals surface area contributed by atoms with Crippen LogP contribution in [0.25, 0.3) is 0 Å². The molecule has 1 heterocycles. The van der Waals surface area contributed by atoms with Gasteiger partial charge in [0.25, 0.3) is 0 Å². The van der Waals surface area contributed by atoms with Gasteiger partial charge in [-0.05, 0) is 29.9 Å². The Hall–Kier alpha value is -2.29. The van der Waals surface area contributed by atoms with E-state index in [0.717, 1.165) is 31.5 Å². The maximum absolute atomic E-state index is 12.1. The molecule has 2 aromatic rings. The highest BCUT2D eigenvalue weighted by Gasteiger charge is 2.24. The molecule has 1 amide bonds. The molecule has 0 aromatic heterocycles. The van der Waals surface area contributed by atoms with Gasteiger partial charge in [0.1, 0.15) is 6.61 Å². The molecule has 0 bridgehead atoms. The Balaban J connectivity index is 1.48. The number of carbonyl (C=O) groups excluding carboxylic acids is 1. The molecule has 1 saturated heterocycles. The van der Waals surface area contributed by atoms with Crippen molar-refractivity contribution in [1.29, 1.82) is 0 Å². The lowest BCUT2D eigenvalue weighted by Crippen LogP contribution is -2.38. The maximum Gasteiger partial charge on any atom is 0.410 e. The molecule has 0 N–H and O–H groups in total. The minimum Gasteiger partial charge on any atom is -0.445 e. The molecule has 2 aromatic carbocycles. The summed E-state index contributed by atoms with van der Waals surface area (Å²) in [6.45, 7) is 1.89. The van der Waals surface area contributed by atoms with Crippen LogP contribution in [-0.2, 0) is 11.3 Å². The van der Waals surface area contributed by atoms with E-state index in [0.29, 0.717) is 12.5 Å². The van der Waals surface area contributed by atoms with Gasteiger partial charge in [0.15, 0.2) is 0 Å². The largest absolute Gasteiger partial charge is 0.445 e. The molecule has 3 nitrogen and oxygen atoms in total. The van der Waals surface area contributed by atoms with Crippen LogP contribution in [0.1, 0.15) is 29.9 Å². The van der Waals surface area contributed by atoms with E-state index in [1.54, 1.807) is 0 Å². The zero-order chi connectivity index (χ0) is 15.2. The van der Waals surface area contributed by atoms with E-state index in [9.17, 15) is 4.79 Å². The zero-order valence-corrected chi connectivity index (χ0v) is 12.7. The third-order valence-corrected chi connectivity index (χ3v) is 4.23. The number of nitrogens with zero attached hydrogens (tertiary/aromatic N) is 1. The van der Waals surface area contributed by atoms with Gasteiger partial charge in [-0.15, -0.1) is 0 Å². The van der Waals surface area contributed by atoms with Crippen molar-refractivity contribution in [2.75, 3.05) is 13.1 Å². The van der Waals surface area contributed by atoms with Crippen molar-refractivity contribution >= 4 is 6.09 Å². The first-order valence-corrected chi connectivity index (χ1v) is 7.83. The van der Waals surface area contributed by atoms with Gasteiger partial charge >= 0.3 is 6.09 Å². The first-order chi connectivity index (χ1) is 10.8. The van der Waals surface area contributed by atoms with Crippen molar-refractivity contribution < 1.29 is 9.53 Å². The number of piperidine rings is 1. The van der Waals surface area contributed by atoms with Gasteiger partial charge < -0.3 is 9.64 Å². The molecule has 22 heavy (non-hydrogen) atoms. The second kappa shape index (κ2) is 7.12. The average molecular weight is 295 g/mol. The van der Waals surface area contributed by atoms with E-state index in [2.05, 4.69) is 24.3 Å². The fraction of sp³-hybridized carbons (Fsp3) is 0.316. The molecule has 0 spiro atoms. The quantitative estimate of drug-likeness (QED) is 0.849. The summed E-state index contributed by atoms with van der Waals surface area (Å²) in [5.74, 6) is 0.555. The number of amides is 1. The summed E-state index contributed by atoms with van der Waals surface area (Å²) in [6, 6.07) is 20.3. The van der Waals surface area contributed by atoms with Crippen molar-refractivity contribution in [3.63, 3.8) is 0 Å². The Morgan fingerprint density at radius 1 is 0.955 bits per heavy atom. The van der Waals surface area contributed by atoms with Crippen molar-refractivity contribution in [2.45, 2.75) is 25.4 Å². The van der Waals surface area contributed by atoms with E-state index >= 15 is 0 Å². The predicted octanol–water partition coefficient (Wildman–Crippen LogP) is 4.20. The Morgan fingerprint density at radius 2 is 1.55 bits per heavy atom. The lowest BCUT2D eigenvalue weighted by atomic mass is 9.90. The van der Waals surface area contributed by atoms with Gasteiger partial charge in [-0.1, -0.05) is 60.7 Å². The van der Waals surface area contributed by atoms with Gasteiger partial charge in [0, 0.05) is 13.1 Å². The second-order valence-electron chi connectivity index (χ2n) is 5.71. The Kier molecular flexibility index (Phi) is 4.74.